The van der Waals surface area contributed by atoms with Crippen molar-refractivity contribution in [1.29, 1.82) is 0 Å². The Balaban J connectivity index is 1.89. The van der Waals surface area contributed by atoms with Crippen LogP contribution in [0.1, 0.15) is 37.7 Å². The van der Waals surface area contributed by atoms with Crippen LogP contribution in [-0.4, -0.2) is 18.1 Å². The van der Waals surface area contributed by atoms with E-state index >= 15 is 0 Å². The zero-order chi connectivity index (χ0) is 12.1. The maximum absolute atomic E-state index is 6.29. The number of hydrogen-bond acceptors (Lipinski definition) is 3. The van der Waals surface area contributed by atoms with E-state index in [2.05, 4.69) is 11.1 Å². The van der Waals surface area contributed by atoms with Crippen molar-refractivity contribution in [1.82, 2.24) is 4.98 Å². The van der Waals surface area contributed by atoms with Crippen LogP contribution in [0, 0.1) is 5.92 Å². The van der Waals surface area contributed by atoms with Crippen LogP contribution in [0.4, 0.5) is 0 Å². The second-order valence-corrected chi connectivity index (χ2v) is 4.97. The highest BCUT2D eigenvalue weighted by molar-refractivity contribution is 5.18. The molecule has 3 nitrogen and oxygen atoms in total. The number of nitrogens with two attached hydrogens (primary N) is 1. The fourth-order valence-electron chi connectivity index (χ4n) is 2.65. The van der Waals surface area contributed by atoms with E-state index in [9.17, 15) is 0 Å². The summed E-state index contributed by atoms with van der Waals surface area (Å²) in [6.45, 7) is 0. The molecule has 1 saturated carbocycles. The van der Waals surface area contributed by atoms with Gasteiger partial charge in [-0.2, -0.15) is 0 Å². The molecule has 0 bridgehead atoms. The van der Waals surface area contributed by atoms with Gasteiger partial charge >= 0.3 is 0 Å². The van der Waals surface area contributed by atoms with Gasteiger partial charge in [-0.15, -0.1) is 0 Å². The molecule has 2 rings (SSSR count). The molecule has 2 N–H and O–H groups in total. The number of rotatable bonds is 4. The van der Waals surface area contributed by atoms with Gasteiger partial charge in [0.25, 0.3) is 0 Å². The van der Waals surface area contributed by atoms with E-state index in [4.69, 9.17) is 10.5 Å². The maximum Gasteiger partial charge on any atom is 0.212 e. The Labute approximate surface area is 103 Å². The van der Waals surface area contributed by atoms with Gasteiger partial charge in [-0.25, -0.2) is 4.98 Å². The van der Waals surface area contributed by atoms with E-state index in [0.29, 0.717) is 11.8 Å². The largest absolute Gasteiger partial charge is 0.481 e. The zero-order valence-electron chi connectivity index (χ0n) is 10.6. The first-order chi connectivity index (χ1) is 8.29. The first-order valence-corrected chi connectivity index (χ1v) is 6.54. The lowest BCUT2D eigenvalue weighted by Gasteiger charge is -2.27. The Kier molecular flexibility index (Phi) is 4.37. The van der Waals surface area contributed by atoms with Crippen molar-refractivity contribution in [3.05, 3.63) is 23.9 Å². The summed E-state index contributed by atoms with van der Waals surface area (Å²) in [5.74, 6) is 1.37. The van der Waals surface area contributed by atoms with Gasteiger partial charge in [-0.05, 0) is 30.7 Å². The number of pyridine rings is 1. The Bertz CT molecular complexity index is 331. The molecular formula is C14H22N2O. The molecule has 3 heteroatoms. The quantitative estimate of drug-likeness (QED) is 0.871. The normalized spacial score (nSPS) is 18.9. The molecule has 0 radical (unpaired) electrons. The predicted octanol–water partition coefficient (Wildman–Crippen LogP) is 2.54. The van der Waals surface area contributed by atoms with Crippen LogP contribution >= 0.6 is 0 Å². The highest BCUT2D eigenvalue weighted by Crippen LogP contribution is 2.27. The first kappa shape index (κ1) is 12.4. The lowest BCUT2D eigenvalue weighted by atomic mass is 9.82. The second kappa shape index (κ2) is 6.01. The summed E-state index contributed by atoms with van der Waals surface area (Å²) in [5.41, 5.74) is 7.50. The number of nitrogens with zero attached hydrogens (tertiary/aromatic N) is 1. The molecular weight excluding hydrogens is 212 g/mol. The fraction of sp³-hybridized carbons (Fsp3) is 0.643. The SMILES string of the molecule is COc1ccc(CC(N)C2CCCCC2)cn1. The number of aromatic nitrogens is 1. The van der Waals surface area contributed by atoms with Crippen molar-refractivity contribution in [3.63, 3.8) is 0 Å². The number of hydrogen-bond donors (Lipinski definition) is 1. The lowest BCUT2D eigenvalue weighted by Crippen LogP contribution is -2.33. The molecule has 1 aromatic rings. The van der Waals surface area contributed by atoms with E-state index in [0.717, 1.165) is 6.42 Å². The minimum absolute atomic E-state index is 0.283. The molecule has 1 atom stereocenters. The Morgan fingerprint density at radius 2 is 2.12 bits per heavy atom. The standard InChI is InChI=1S/C14H22N2O/c1-17-14-8-7-11(10-16-14)9-13(15)12-5-3-2-4-6-12/h7-8,10,12-13H,2-6,9,15H2,1H3. The number of ether oxygens (including phenoxy) is 1. The molecule has 1 unspecified atom stereocenters. The molecule has 1 heterocycles. The Morgan fingerprint density at radius 3 is 2.71 bits per heavy atom. The van der Waals surface area contributed by atoms with Crippen molar-refractivity contribution in [3.8, 4) is 5.88 Å². The number of methoxy groups -OCH3 is 1. The van der Waals surface area contributed by atoms with Crippen LogP contribution in [0.15, 0.2) is 18.3 Å². The summed E-state index contributed by atoms with van der Waals surface area (Å²) in [7, 11) is 1.63. The molecule has 17 heavy (non-hydrogen) atoms. The molecule has 0 aromatic carbocycles. The summed E-state index contributed by atoms with van der Waals surface area (Å²) in [6, 6.07) is 4.25. The van der Waals surface area contributed by atoms with Crippen LogP contribution in [0.3, 0.4) is 0 Å². The van der Waals surface area contributed by atoms with Crippen LogP contribution in [0.25, 0.3) is 0 Å². The highest BCUT2D eigenvalue weighted by Gasteiger charge is 2.20. The molecule has 1 aliphatic carbocycles. The predicted molar refractivity (Wildman–Crippen MR) is 69.0 cm³/mol. The van der Waals surface area contributed by atoms with Crippen molar-refractivity contribution < 1.29 is 4.74 Å². The minimum atomic E-state index is 0.283. The highest BCUT2D eigenvalue weighted by atomic mass is 16.5. The van der Waals surface area contributed by atoms with Crippen molar-refractivity contribution in [2.45, 2.75) is 44.6 Å². The average molecular weight is 234 g/mol. The van der Waals surface area contributed by atoms with E-state index in [1.807, 2.05) is 12.3 Å². The Morgan fingerprint density at radius 1 is 1.35 bits per heavy atom. The second-order valence-electron chi connectivity index (χ2n) is 4.97. The molecule has 1 aliphatic rings. The molecule has 0 aliphatic heterocycles. The maximum atomic E-state index is 6.29. The monoisotopic (exact) mass is 234 g/mol. The fourth-order valence-corrected chi connectivity index (χ4v) is 2.65. The third kappa shape index (κ3) is 3.43. The minimum Gasteiger partial charge on any atom is -0.481 e. The van der Waals surface area contributed by atoms with Gasteiger partial charge in [0.05, 0.1) is 7.11 Å². The first-order valence-electron chi connectivity index (χ1n) is 6.54. The van der Waals surface area contributed by atoms with Gasteiger partial charge in [-0.3, -0.25) is 0 Å². The van der Waals surface area contributed by atoms with Gasteiger partial charge in [-0.1, -0.05) is 25.3 Å². The smallest absolute Gasteiger partial charge is 0.212 e. The molecule has 0 spiro atoms. The molecule has 0 amide bonds. The van der Waals surface area contributed by atoms with Gasteiger partial charge in [0.15, 0.2) is 0 Å². The molecule has 0 saturated heterocycles. The summed E-state index contributed by atoms with van der Waals surface area (Å²) in [4.78, 5) is 4.22. The topological polar surface area (TPSA) is 48.1 Å². The molecule has 1 fully saturated rings. The van der Waals surface area contributed by atoms with Crippen molar-refractivity contribution in [2.24, 2.45) is 11.7 Å². The Hall–Kier alpha value is -1.09. The summed E-state index contributed by atoms with van der Waals surface area (Å²) < 4.78 is 5.05. The summed E-state index contributed by atoms with van der Waals surface area (Å²) in [6.07, 6.45) is 9.48. The third-order valence-electron chi connectivity index (χ3n) is 3.73. The average Bonchev–Trinajstić information content (AvgIpc) is 2.40. The van der Waals surface area contributed by atoms with Crippen molar-refractivity contribution in [2.75, 3.05) is 7.11 Å². The summed E-state index contributed by atoms with van der Waals surface area (Å²) >= 11 is 0. The molecule has 94 valence electrons. The van der Waals surface area contributed by atoms with Gasteiger partial charge in [0, 0.05) is 18.3 Å². The van der Waals surface area contributed by atoms with E-state index in [1.165, 1.54) is 37.7 Å². The zero-order valence-corrected chi connectivity index (χ0v) is 10.6. The lowest BCUT2D eigenvalue weighted by molar-refractivity contribution is 0.303. The van der Waals surface area contributed by atoms with Gasteiger partial charge < -0.3 is 10.5 Å². The van der Waals surface area contributed by atoms with Crippen molar-refractivity contribution >= 4 is 0 Å². The van der Waals surface area contributed by atoms with E-state index in [-0.39, 0.29) is 6.04 Å². The summed E-state index contributed by atoms with van der Waals surface area (Å²) in [5, 5.41) is 0. The van der Waals surface area contributed by atoms with Crippen LogP contribution in [0.5, 0.6) is 5.88 Å². The van der Waals surface area contributed by atoms with E-state index in [1.54, 1.807) is 7.11 Å². The van der Waals surface area contributed by atoms with Gasteiger partial charge in [0.2, 0.25) is 5.88 Å². The van der Waals surface area contributed by atoms with Gasteiger partial charge in [0.1, 0.15) is 0 Å². The molecule has 1 aromatic heterocycles. The van der Waals surface area contributed by atoms with Crippen LogP contribution in [-0.2, 0) is 6.42 Å². The van der Waals surface area contributed by atoms with E-state index < -0.39 is 0 Å². The third-order valence-corrected chi connectivity index (χ3v) is 3.73. The van der Waals surface area contributed by atoms with Crippen LogP contribution in [0.2, 0.25) is 0 Å². The van der Waals surface area contributed by atoms with Crippen LogP contribution < -0.4 is 10.5 Å².